The molecule has 10 heteroatoms. The Morgan fingerprint density at radius 3 is 2.46 bits per heavy atom. The first-order valence-electron chi connectivity index (χ1n) is 7.21. The Balaban J connectivity index is 2.57. The van der Waals surface area contributed by atoms with Crippen molar-refractivity contribution in [1.29, 1.82) is 0 Å². The molecule has 1 aromatic heterocycles. The molecule has 1 aromatic carbocycles. The molecule has 26 heavy (non-hydrogen) atoms. The van der Waals surface area contributed by atoms with Gasteiger partial charge in [0.05, 0.1) is 12.3 Å². The highest BCUT2D eigenvalue weighted by molar-refractivity contribution is 5.89. The van der Waals surface area contributed by atoms with Gasteiger partial charge in [-0.15, -0.1) is 0 Å². The number of ether oxygens (including phenoxy) is 2. The van der Waals surface area contributed by atoms with Crippen LogP contribution in [-0.4, -0.2) is 29.9 Å². The Hall–Kier alpha value is -2.91. The van der Waals surface area contributed by atoms with Gasteiger partial charge >= 0.3 is 12.1 Å². The van der Waals surface area contributed by atoms with Gasteiger partial charge in [-0.3, -0.25) is 9.36 Å². The molecule has 0 atom stereocenters. The van der Waals surface area contributed by atoms with Crippen LogP contribution in [0.5, 0.6) is 5.75 Å². The van der Waals surface area contributed by atoms with Crippen molar-refractivity contribution < 1.29 is 36.2 Å². The Kier molecular flexibility index (Phi) is 5.63. The molecule has 0 bridgehead atoms. The van der Waals surface area contributed by atoms with Crippen LogP contribution in [0.25, 0.3) is 5.69 Å². The fourth-order valence-corrected chi connectivity index (χ4v) is 2.03. The van der Waals surface area contributed by atoms with E-state index in [4.69, 9.17) is 4.74 Å². The predicted molar refractivity (Wildman–Crippen MR) is 79.5 cm³/mol. The predicted octanol–water partition coefficient (Wildman–Crippen LogP) is 3.23. The summed E-state index contributed by atoms with van der Waals surface area (Å²) in [5.74, 6) is -4.55. The van der Waals surface area contributed by atoms with Gasteiger partial charge < -0.3 is 9.47 Å². The van der Waals surface area contributed by atoms with E-state index < -0.39 is 52.9 Å². The molecule has 0 saturated heterocycles. The maximum atomic E-state index is 13.6. The molecule has 0 amide bonds. The van der Waals surface area contributed by atoms with E-state index in [0.717, 1.165) is 12.3 Å². The molecule has 0 saturated carbocycles. The maximum Gasteiger partial charge on any atom is 0.422 e. The number of carbonyl (C=O) groups excluding carboxylic acids is 1. The van der Waals surface area contributed by atoms with Gasteiger partial charge in [0.2, 0.25) is 0 Å². The number of carbonyl (C=O) groups is 1. The summed E-state index contributed by atoms with van der Waals surface area (Å²) in [5, 5.41) is 0. The van der Waals surface area contributed by atoms with Crippen LogP contribution in [0.3, 0.4) is 0 Å². The number of hydrogen-bond acceptors (Lipinski definition) is 4. The molecule has 0 N–H and O–H groups in total. The minimum absolute atomic E-state index is 0.0156. The summed E-state index contributed by atoms with van der Waals surface area (Å²) in [6, 6.07) is 3.24. The van der Waals surface area contributed by atoms with Gasteiger partial charge in [-0.05, 0) is 19.1 Å². The lowest BCUT2D eigenvalue weighted by Crippen LogP contribution is -2.27. The molecule has 140 valence electrons. The lowest BCUT2D eigenvalue weighted by Gasteiger charge is -2.15. The second kappa shape index (κ2) is 7.54. The molecular formula is C16H12F5NO4. The van der Waals surface area contributed by atoms with Gasteiger partial charge in [0, 0.05) is 18.3 Å². The van der Waals surface area contributed by atoms with Crippen molar-refractivity contribution in [3.8, 4) is 11.4 Å². The number of nitrogens with zero attached hydrogens (tertiary/aromatic N) is 1. The number of hydrogen-bond donors (Lipinski definition) is 0. The second-order valence-electron chi connectivity index (χ2n) is 4.96. The zero-order valence-corrected chi connectivity index (χ0v) is 13.3. The summed E-state index contributed by atoms with van der Waals surface area (Å²) in [7, 11) is 0. The van der Waals surface area contributed by atoms with Crippen molar-refractivity contribution in [3.05, 3.63) is 58.0 Å². The Labute approximate surface area is 143 Å². The van der Waals surface area contributed by atoms with E-state index in [9.17, 15) is 31.5 Å². The molecule has 0 fully saturated rings. The number of aromatic nitrogens is 1. The molecule has 1 heterocycles. The van der Waals surface area contributed by atoms with E-state index in [1.54, 1.807) is 0 Å². The van der Waals surface area contributed by atoms with Crippen LogP contribution < -0.4 is 10.3 Å². The Morgan fingerprint density at radius 1 is 1.19 bits per heavy atom. The smallest absolute Gasteiger partial charge is 0.422 e. The number of pyridine rings is 1. The second-order valence-corrected chi connectivity index (χ2v) is 4.96. The first kappa shape index (κ1) is 19.4. The van der Waals surface area contributed by atoms with Gasteiger partial charge in [0.15, 0.2) is 18.2 Å². The van der Waals surface area contributed by atoms with Crippen molar-refractivity contribution in [1.82, 2.24) is 4.57 Å². The number of halogens is 5. The van der Waals surface area contributed by atoms with E-state index in [2.05, 4.69) is 4.74 Å². The number of benzene rings is 1. The SMILES string of the molecule is CCOC(=O)c1cccn(-c2cc(F)c(F)cc2OCC(F)(F)F)c1=O. The summed E-state index contributed by atoms with van der Waals surface area (Å²) in [5.41, 5.74) is -1.92. The number of alkyl halides is 3. The summed E-state index contributed by atoms with van der Waals surface area (Å²) < 4.78 is 73.9. The molecule has 0 unspecified atom stereocenters. The van der Waals surface area contributed by atoms with Crippen molar-refractivity contribution in [3.63, 3.8) is 0 Å². The third-order valence-corrected chi connectivity index (χ3v) is 3.10. The van der Waals surface area contributed by atoms with Crippen molar-refractivity contribution >= 4 is 5.97 Å². The van der Waals surface area contributed by atoms with Gasteiger partial charge in [-0.1, -0.05) is 0 Å². The average molecular weight is 377 g/mol. The van der Waals surface area contributed by atoms with Crippen LogP contribution in [-0.2, 0) is 4.74 Å². The van der Waals surface area contributed by atoms with Gasteiger partial charge in [-0.25, -0.2) is 13.6 Å². The summed E-state index contributed by atoms with van der Waals surface area (Å²) in [6.45, 7) is -0.284. The van der Waals surface area contributed by atoms with Crippen LogP contribution in [0, 0.1) is 11.6 Å². The quantitative estimate of drug-likeness (QED) is 0.593. The van der Waals surface area contributed by atoms with Crippen LogP contribution in [0.4, 0.5) is 22.0 Å². The normalized spacial score (nSPS) is 11.3. The lowest BCUT2D eigenvalue weighted by molar-refractivity contribution is -0.153. The Morgan fingerprint density at radius 2 is 1.85 bits per heavy atom. The van der Waals surface area contributed by atoms with Gasteiger partial charge in [0.25, 0.3) is 5.56 Å². The summed E-state index contributed by atoms with van der Waals surface area (Å²) >= 11 is 0. The highest BCUT2D eigenvalue weighted by Gasteiger charge is 2.29. The monoisotopic (exact) mass is 377 g/mol. The molecular weight excluding hydrogens is 365 g/mol. The van der Waals surface area contributed by atoms with E-state index >= 15 is 0 Å². The van der Waals surface area contributed by atoms with E-state index in [-0.39, 0.29) is 6.61 Å². The highest BCUT2D eigenvalue weighted by Crippen LogP contribution is 2.27. The fourth-order valence-electron chi connectivity index (χ4n) is 2.03. The van der Waals surface area contributed by atoms with Crippen molar-refractivity contribution in [2.24, 2.45) is 0 Å². The van der Waals surface area contributed by atoms with Crippen LogP contribution in [0.15, 0.2) is 35.3 Å². The first-order valence-corrected chi connectivity index (χ1v) is 7.21. The first-order chi connectivity index (χ1) is 12.1. The van der Waals surface area contributed by atoms with Crippen LogP contribution in [0.2, 0.25) is 0 Å². The zero-order valence-electron chi connectivity index (χ0n) is 13.3. The minimum Gasteiger partial charge on any atom is -0.482 e. The topological polar surface area (TPSA) is 57.5 Å². The molecule has 0 aliphatic carbocycles. The molecule has 0 aliphatic heterocycles. The summed E-state index contributed by atoms with van der Waals surface area (Å²) in [4.78, 5) is 24.2. The maximum absolute atomic E-state index is 13.6. The molecule has 0 radical (unpaired) electrons. The summed E-state index contributed by atoms with van der Waals surface area (Å²) in [6.07, 6.45) is -3.67. The third kappa shape index (κ3) is 4.38. The molecule has 2 aromatic rings. The van der Waals surface area contributed by atoms with E-state index in [1.165, 1.54) is 13.0 Å². The number of esters is 1. The molecule has 0 aliphatic rings. The van der Waals surface area contributed by atoms with Gasteiger partial charge in [-0.2, -0.15) is 13.2 Å². The average Bonchev–Trinajstić information content (AvgIpc) is 2.55. The van der Waals surface area contributed by atoms with Crippen molar-refractivity contribution in [2.45, 2.75) is 13.1 Å². The lowest BCUT2D eigenvalue weighted by atomic mass is 10.2. The van der Waals surface area contributed by atoms with Crippen LogP contribution >= 0.6 is 0 Å². The van der Waals surface area contributed by atoms with E-state index in [0.29, 0.717) is 16.7 Å². The van der Waals surface area contributed by atoms with E-state index in [1.807, 2.05) is 0 Å². The standard InChI is InChI=1S/C16H12F5NO4/c1-2-25-15(24)9-4-3-5-22(14(9)23)12-6-10(17)11(18)7-13(12)26-8-16(19,20)21/h3-7H,2,8H2,1H3. The minimum atomic E-state index is -4.74. The van der Waals surface area contributed by atoms with Gasteiger partial charge in [0.1, 0.15) is 11.3 Å². The van der Waals surface area contributed by atoms with Crippen molar-refractivity contribution in [2.75, 3.05) is 13.2 Å². The zero-order chi connectivity index (χ0) is 19.5. The number of rotatable bonds is 5. The largest absolute Gasteiger partial charge is 0.482 e. The third-order valence-electron chi connectivity index (χ3n) is 3.10. The molecule has 2 rings (SSSR count). The molecule has 0 spiro atoms. The van der Waals surface area contributed by atoms with Crippen LogP contribution in [0.1, 0.15) is 17.3 Å². The highest BCUT2D eigenvalue weighted by atomic mass is 19.4. The Bertz CT molecular complexity index is 876. The molecule has 5 nitrogen and oxygen atoms in total. The fraction of sp³-hybridized carbons (Fsp3) is 0.250.